The van der Waals surface area contributed by atoms with Crippen LogP contribution in [0.3, 0.4) is 0 Å². The van der Waals surface area contributed by atoms with Crippen molar-refractivity contribution in [2.75, 3.05) is 16.8 Å². The standard InChI is InChI=1S/C18H17FN2O2/c1-11-9-13(7-8-14(11)19)17(22)10-21-16-6-4-3-5-15(16)20-12(2)18(21)23/h3-9,12,20H,10H2,1-2H3. The van der Waals surface area contributed by atoms with E-state index in [-0.39, 0.29) is 24.1 Å². The monoisotopic (exact) mass is 312 g/mol. The lowest BCUT2D eigenvalue weighted by Crippen LogP contribution is -2.47. The van der Waals surface area contributed by atoms with Gasteiger partial charge in [0.15, 0.2) is 5.78 Å². The Morgan fingerprint density at radius 3 is 2.74 bits per heavy atom. The largest absolute Gasteiger partial charge is 0.372 e. The van der Waals surface area contributed by atoms with Crippen molar-refractivity contribution in [3.63, 3.8) is 0 Å². The molecule has 0 radical (unpaired) electrons. The van der Waals surface area contributed by atoms with Gasteiger partial charge in [0.1, 0.15) is 11.9 Å². The van der Waals surface area contributed by atoms with Crippen LogP contribution in [0.5, 0.6) is 0 Å². The molecule has 2 aromatic carbocycles. The normalized spacial score (nSPS) is 16.7. The van der Waals surface area contributed by atoms with Crippen molar-refractivity contribution < 1.29 is 14.0 Å². The van der Waals surface area contributed by atoms with Gasteiger partial charge in [0.2, 0.25) is 5.91 Å². The van der Waals surface area contributed by atoms with Crippen LogP contribution in [0.4, 0.5) is 15.8 Å². The second-order valence-corrected chi connectivity index (χ2v) is 5.69. The fraction of sp³-hybridized carbons (Fsp3) is 0.222. The molecule has 5 heteroatoms. The Morgan fingerprint density at radius 2 is 2.00 bits per heavy atom. The third-order valence-electron chi connectivity index (χ3n) is 3.98. The molecule has 1 aliphatic heterocycles. The number of halogens is 1. The summed E-state index contributed by atoms with van der Waals surface area (Å²) >= 11 is 0. The van der Waals surface area contributed by atoms with Gasteiger partial charge >= 0.3 is 0 Å². The molecule has 1 atom stereocenters. The van der Waals surface area contributed by atoms with Crippen LogP contribution in [0.2, 0.25) is 0 Å². The van der Waals surface area contributed by atoms with Gasteiger partial charge in [0.25, 0.3) is 0 Å². The Morgan fingerprint density at radius 1 is 1.26 bits per heavy atom. The van der Waals surface area contributed by atoms with Crippen LogP contribution in [0.1, 0.15) is 22.8 Å². The first-order valence-electron chi connectivity index (χ1n) is 7.43. The van der Waals surface area contributed by atoms with Gasteiger partial charge < -0.3 is 10.2 Å². The summed E-state index contributed by atoms with van der Waals surface area (Å²) in [5.41, 5.74) is 2.32. The molecule has 0 aromatic heterocycles. The van der Waals surface area contributed by atoms with E-state index in [1.54, 1.807) is 19.9 Å². The van der Waals surface area contributed by atoms with Crippen LogP contribution in [-0.2, 0) is 4.79 Å². The van der Waals surface area contributed by atoms with Gasteiger partial charge in [-0.2, -0.15) is 0 Å². The molecule has 2 aromatic rings. The molecule has 1 heterocycles. The summed E-state index contributed by atoms with van der Waals surface area (Å²) in [6, 6.07) is 11.2. The molecule has 0 aliphatic carbocycles. The molecular weight excluding hydrogens is 295 g/mol. The zero-order valence-electron chi connectivity index (χ0n) is 13.0. The summed E-state index contributed by atoms with van der Waals surface area (Å²) in [6.45, 7) is 3.31. The lowest BCUT2D eigenvalue weighted by Gasteiger charge is -2.33. The van der Waals surface area contributed by atoms with E-state index in [0.717, 1.165) is 5.69 Å². The number of benzene rings is 2. The maximum atomic E-state index is 13.3. The van der Waals surface area contributed by atoms with Crippen molar-refractivity contribution in [1.82, 2.24) is 0 Å². The van der Waals surface area contributed by atoms with E-state index in [9.17, 15) is 14.0 Å². The number of nitrogens with one attached hydrogen (secondary N) is 1. The van der Waals surface area contributed by atoms with Gasteiger partial charge in [-0.05, 0) is 49.7 Å². The Balaban J connectivity index is 1.90. The first-order valence-corrected chi connectivity index (χ1v) is 7.43. The van der Waals surface area contributed by atoms with Crippen molar-refractivity contribution in [2.45, 2.75) is 19.9 Å². The minimum atomic E-state index is -0.396. The Hall–Kier alpha value is -2.69. The third kappa shape index (κ3) is 2.82. The molecule has 23 heavy (non-hydrogen) atoms. The molecule has 0 saturated carbocycles. The van der Waals surface area contributed by atoms with Crippen LogP contribution >= 0.6 is 0 Å². The molecule has 0 fully saturated rings. The van der Waals surface area contributed by atoms with Gasteiger partial charge in [-0.3, -0.25) is 9.59 Å². The van der Waals surface area contributed by atoms with Crippen LogP contribution in [-0.4, -0.2) is 24.3 Å². The molecule has 3 rings (SSSR count). The molecule has 4 nitrogen and oxygen atoms in total. The highest BCUT2D eigenvalue weighted by Crippen LogP contribution is 2.31. The first kappa shape index (κ1) is 15.2. The van der Waals surface area contributed by atoms with Crippen LogP contribution in [0, 0.1) is 12.7 Å². The van der Waals surface area contributed by atoms with E-state index in [0.29, 0.717) is 16.8 Å². The molecule has 1 amide bonds. The molecule has 118 valence electrons. The Bertz CT molecular complexity index is 788. The topological polar surface area (TPSA) is 49.4 Å². The number of ketones is 1. The molecule has 0 saturated heterocycles. The number of rotatable bonds is 3. The SMILES string of the molecule is Cc1cc(C(=O)CN2C(=O)C(C)Nc3ccccc32)ccc1F. The summed E-state index contributed by atoms with van der Waals surface area (Å²) < 4.78 is 13.3. The zero-order valence-corrected chi connectivity index (χ0v) is 13.0. The van der Waals surface area contributed by atoms with E-state index in [1.807, 2.05) is 18.2 Å². The fourth-order valence-corrected chi connectivity index (χ4v) is 2.69. The second kappa shape index (κ2) is 5.83. The highest BCUT2D eigenvalue weighted by Gasteiger charge is 2.30. The highest BCUT2D eigenvalue weighted by atomic mass is 19.1. The quantitative estimate of drug-likeness (QED) is 0.886. The van der Waals surface area contributed by atoms with Crippen LogP contribution in [0.25, 0.3) is 0 Å². The first-order chi connectivity index (χ1) is 11.0. The van der Waals surface area contributed by atoms with Gasteiger partial charge in [-0.1, -0.05) is 12.1 Å². The van der Waals surface area contributed by atoms with Crippen molar-refractivity contribution in [3.8, 4) is 0 Å². The van der Waals surface area contributed by atoms with Crippen molar-refractivity contribution in [2.24, 2.45) is 0 Å². The molecular formula is C18H17FN2O2. The van der Waals surface area contributed by atoms with Gasteiger partial charge in [0.05, 0.1) is 17.9 Å². The van der Waals surface area contributed by atoms with Crippen molar-refractivity contribution in [3.05, 3.63) is 59.4 Å². The summed E-state index contributed by atoms with van der Waals surface area (Å²) in [7, 11) is 0. The van der Waals surface area contributed by atoms with Crippen LogP contribution in [0.15, 0.2) is 42.5 Å². The summed E-state index contributed by atoms with van der Waals surface area (Å²) in [5, 5.41) is 3.12. The lowest BCUT2D eigenvalue weighted by molar-refractivity contribution is -0.119. The second-order valence-electron chi connectivity index (χ2n) is 5.69. The fourth-order valence-electron chi connectivity index (χ4n) is 2.69. The predicted octanol–water partition coefficient (Wildman–Crippen LogP) is 3.16. The van der Waals surface area contributed by atoms with Gasteiger partial charge in [-0.25, -0.2) is 4.39 Å². The summed E-state index contributed by atoms with van der Waals surface area (Å²) in [6.07, 6.45) is 0. The number of para-hydroxylation sites is 2. The van der Waals surface area contributed by atoms with Crippen LogP contribution < -0.4 is 10.2 Å². The average Bonchev–Trinajstić information content (AvgIpc) is 2.54. The third-order valence-corrected chi connectivity index (χ3v) is 3.98. The van der Waals surface area contributed by atoms with E-state index in [1.165, 1.54) is 23.1 Å². The van der Waals surface area contributed by atoms with Gasteiger partial charge in [-0.15, -0.1) is 0 Å². The number of amides is 1. The molecule has 0 bridgehead atoms. The molecule has 1 aliphatic rings. The van der Waals surface area contributed by atoms with E-state index >= 15 is 0 Å². The predicted molar refractivity (Wildman–Crippen MR) is 87.3 cm³/mol. The van der Waals surface area contributed by atoms with Crippen molar-refractivity contribution in [1.29, 1.82) is 0 Å². The minimum Gasteiger partial charge on any atom is -0.372 e. The number of aryl methyl sites for hydroxylation is 1. The maximum absolute atomic E-state index is 13.3. The summed E-state index contributed by atoms with van der Waals surface area (Å²) in [4.78, 5) is 26.4. The number of nitrogens with zero attached hydrogens (tertiary/aromatic N) is 1. The number of hydrogen-bond acceptors (Lipinski definition) is 3. The molecule has 1 N–H and O–H groups in total. The lowest BCUT2D eigenvalue weighted by atomic mass is 10.0. The Kier molecular flexibility index (Phi) is 3.86. The van der Waals surface area contributed by atoms with E-state index in [2.05, 4.69) is 5.32 Å². The smallest absolute Gasteiger partial charge is 0.249 e. The number of carbonyl (C=O) groups is 2. The van der Waals surface area contributed by atoms with E-state index in [4.69, 9.17) is 0 Å². The Labute approximate surface area is 133 Å². The molecule has 1 unspecified atom stereocenters. The van der Waals surface area contributed by atoms with Crippen molar-refractivity contribution >= 4 is 23.1 Å². The van der Waals surface area contributed by atoms with E-state index < -0.39 is 6.04 Å². The average molecular weight is 312 g/mol. The minimum absolute atomic E-state index is 0.0626. The number of fused-ring (bicyclic) bond motifs is 1. The number of hydrogen-bond donors (Lipinski definition) is 1. The van der Waals surface area contributed by atoms with Gasteiger partial charge in [0, 0.05) is 5.56 Å². The maximum Gasteiger partial charge on any atom is 0.249 e. The highest BCUT2D eigenvalue weighted by molar-refractivity contribution is 6.10. The number of carbonyl (C=O) groups excluding carboxylic acids is 2. The summed E-state index contributed by atoms with van der Waals surface area (Å²) in [5.74, 6) is -0.722. The molecule has 0 spiro atoms. The number of Topliss-reactive ketones (excluding diaryl/α,β-unsaturated/α-hetero) is 1. The zero-order chi connectivity index (χ0) is 16.6. The number of anilines is 2.